The maximum Gasteiger partial charge on any atom is 0.270 e. The molecule has 5 nitrogen and oxygen atoms in total. The first-order valence-corrected chi connectivity index (χ1v) is 5.53. The second-order valence-corrected chi connectivity index (χ2v) is 4.86. The topological polar surface area (TPSA) is 75.4 Å². The van der Waals surface area contributed by atoms with E-state index in [4.69, 9.17) is 11.6 Å². The molecule has 2 N–H and O–H groups in total. The van der Waals surface area contributed by atoms with Gasteiger partial charge in [0.1, 0.15) is 0 Å². The van der Waals surface area contributed by atoms with Gasteiger partial charge in [0, 0.05) is 25.2 Å². The Kier molecular flexibility index (Phi) is 4.45. The molecular weight excluding hydrogens is 244 g/mol. The Morgan fingerprint density at radius 1 is 1.53 bits per heavy atom. The summed E-state index contributed by atoms with van der Waals surface area (Å²) in [6, 6.07) is 4.34. The summed E-state index contributed by atoms with van der Waals surface area (Å²) in [6.45, 7) is 4.26. The van der Waals surface area contributed by atoms with Crippen LogP contribution >= 0.6 is 11.6 Å². The van der Waals surface area contributed by atoms with Gasteiger partial charge in [-0.3, -0.25) is 10.1 Å². The van der Waals surface area contributed by atoms with E-state index in [1.54, 1.807) is 19.9 Å². The highest BCUT2D eigenvalue weighted by atomic mass is 35.5. The molecule has 0 saturated heterocycles. The molecule has 94 valence electrons. The van der Waals surface area contributed by atoms with E-state index < -0.39 is 10.5 Å². The fraction of sp³-hybridized carbons (Fsp3) is 0.455. The summed E-state index contributed by atoms with van der Waals surface area (Å²) in [4.78, 5) is 10.0. The summed E-state index contributed by atoms with van der Waals surface area (Å²) in [7, 11) is 0. The second kappa shape index (κ2) is 5.44. The van der Waals surface area contributed by atoms with Crippen LogP contribution in [0.3, 0.4) is 0 Å². The van der Waals surface area contributed by atoms with E-state index in [0.29, 0.717) is 18.1 Å². The maximum atomic E-state index is 10.5. The van der Waals surface area contributed by atoms with E-state index in [2.05, 4.69) is 5.32 Å². The number of hydrogen-bond donors (Lipinski definition) is 2. The Labute approximate surface area is 105 Å². The Balaban J connectivity index is 2.64. The van der Waals surface area contributed by atoms with Crippen molar-refractivity contribution in [2.75, 3.05) is 6.54 Å². The van der Waals surface area contributed by atoms with Gasteiger partial charge >= 0.3 is 0 Å². The van der Waals surface area contributed by atoms with Crippen molar-refractivity contribution in [2.45, 2.75) is 26.0 Å². The second-order valence-electron chi connectivity index (χ2n) is 4.45. The predicted molar refractivity (Wildman–Crippen MR) is 66.1 cm³/mol. The third-order valence-electron chi connectivity index (χ3n) is 2.12. The molecule has 0 fully saturated rings. The quantitative estimate of drug-likeness (QED) is 0.627. The summed E-state index contributed by atoms with van der Waals surface area (Å²) in [5.74, 6) is 0. The Morgan fingerprint density at radius 3 is 2.65 bits per heavy atom. The summed E-state index contributed by atoms with van der Waals surface area (Å²) < 4.78 is 0. The van der Waals surface area contributed by atoms with E-state index in [-0.39, 0.29) is 5.69 Å². The molecule has 0 heterocycles. The fourth-order valence-electron chi connectivity index (χ4n) is 1.30. The van der Waals surface area contributed by atoms with Gasteiger partial charge < -0.3 is 10.4 Å². The minimum atomic E-state index is -0.798. The molecule has 0 aromatic heterocycles. The van der Waals surface area contributed by atoms with E-state index in [9.17, 15) is 15.2 Å². The first-order chi connectivity index (χ1) is 7.79. The van der Waals surface area contributed by atoms with Crippen molar-refractivity contribution in [3.63, 3.8) is 0 Å². The summed E-state index contributed by atoms with van der Waals surface area (Å²) >= 11 is 5.92. The van der Waals surface area contributed by atoms with Gasteiger partial charge in [-0.05, 0) is 25.5 Å². The van der Waals surface area contributed by atoms with Crippen molar-refractivity contribution in [1.82, 2.24) is 5.32 Å². The lowest BCUT2D eigenvalue weighted by atomic mass is 10.1. The van der Waals surface area contributed by atoms with Crippen LogP contribution in [0.15, 0.2) is 18.2 Å². The lowest BCUT2D eigenvalue weighted by molar-refractivity contribution is -0.384. The van der Waals surface area contributed by atoms with Crippen LogP contribution in [0.2, 0.25) is 5.02 Å². The van der Waals surface area contributed by atoms with Crippen molar-refractivity contribution in [3.8, 4) is 0 Å². The van der Waals surface area contributed by atoms with Crippen molar-refractivity contribution in [3.05, 3.63) is 38.9 Å². The number of aliphatic hydroxyl groups is 1. The summed E-state index contributed by atoms with van der Waals surface area (Å²) in [5, 5.41) is 23.4. The molecular formula is C11H15ClN2O3. The van der Waals surface area contributed by atoms with Crippen LogP contribution in [0.5, 0.6) is 0 Å². The van der Waals surface area contributed by atoms with Crippen LogP contribution in [0, 0.1) is 10.1 Å². The average molecular weight is 259 g/mol. The van der Waals surface area contributed by atoms with Crippen LogP contribution in [-0.4, -0.2) is 22.2 Å². The van der Waals surface area contributed by atoms with Gasteiger partial charge in [0.25, 0.3) is 5.69 Å². The number of hydrogen-bond acceptors (Lipinski definition) is 4. The van der Waals surface area contributed by atoms with Crippen molar-refractivity contribution in [2.24, 2.45) is 0 Å². The zero-order chi connectivity index (χ0) is 13.1. The normalized spacial score (nSPS) is 11.5. The standard InChI is InChI=1S/C11H15ClN2O3/c1-11(2,15)7-13-6-8-3-4-9(14(16)17)5-10(8)12/h3-5,13,15H,6-7H2,1-2H3. The van der Waals surface area contributed by atoms with Crippen LogP contribution in [0.1, 0.15) is 19.4 Å². The minimum absolute atomic E-state index is 0.0266. The Hall–Kier alpha value is -1.17. The van der Waals surface area contributed by atoms with Crippen molar-refractivity contribution < 1.29 is 10.0 Å². The van der Waals surface area contributed by atoms with Crippen molar-refractivity contribution in [1.29, 1.82) is 0 Å². The molecule has 17 heavy (non-hydrogen) atoms. The van der Waals surface area contributed by atoms with E-state index >= 15 is 0 Å². The van der Waals surface area contributed by atoms with Crippen LogP contribution in [-0.2, 0) is 6.54 Å². The number of rotatable bonds is 5. The molecule has 0 bridgehead atoms. The van der Waals surface area contributed by atoms with Gasteiger partial charge in [0.15, 0.2) is 0 Å². The monoisotopic (exact) mass is 258 g/mol. The number of non-ortho nitro benzene ring substituents is 1. The molecule has 0 aliphatic rings. The zero-order valence-electron chi connectivity index (χ0n) is 9.74. The first-order valence-electron chi connectivity index (χ1n) is 5.15. The third-order valence-corrected chi connectivity index (χ3v) is 2.47. The van der Waals surface area contributed by atoms with Gasteiger partial charge in [0.2, 0.25) is 0 Å². The molecule has 0 aliphatic heterocycles. The molecule has 0 atom stereocenters. The molecule has 0 spiro atoms. The maximum absolute atomic E-state index is 10.5. The molecule has 0 radical (unpaired) electrons. The van der Waals surface area contributed by atoms with E-state index in [1.807, 2.05) is 0 Å². The van der Waals surface area contributed by atoms with Crippen LogP contribution in [0.25, 0.3) is 0 Å². The number of nitrogens with one attached hydrogen (secondary N) is 1. The number of nitro groups is 1. The average Bonchev–Trinajstić information content (AvgIpc) is 2.18. The SMILES string of the molecule is CC(C)(O)CNCc1ccc([N+](=O)[O-])cc1Cl. The van der Waals surface area contributed by atoms with E-state index in [1.165, 1.54) is 12.1 Å². The first kappa shape index (κ1) is 13.9. The Morgan fingerprint density at radius 2 is 2.18 bits per heavy atom. The highest BCUT2D eigenvalue weighted by Gasteiger charge is 2.13. The summed E-state index contributed by atoms with van der Waals surface area (Å²) in [5.41, 5.74) is -0.0597. The highest BCUT2D eigenvalue weighted by Crippen LogP contribution is 2.22. The smallest absolute Gasteiger partial charge is 0.270 e. The number of benzene rings is 1. The van der Waals surface area contributed by atoms with Crippen LogP contribution in [0.4, 0.5) is 5.69 Å². The highest BCUT2D eigenvalue weighted by molar-refractivity contribution is 6.31. The van der Waals surface area contributed by atoms with Gasteiger partial charge in [-0.15, -0.1) is 0 Å². The van der Waals surface area contributed by atoms with Crippen LogP contribution < -0.4 is 5.32 Å². The number of halogens is 1. The Bertz CT molecular complexity index is 416. The molecule has 0 saturated carbocycles. The molecule has 0 unspecified atom stereocenters. The molecule has 1 aromatic carbocycles. The molecule has 0 amide bonds. The fourth-order valence-corrected chi connectivity index (χ4v) is 1.54. The number of nitro benzene ring substituents is 1. The van der Waals surface area contributed by atoms with Gasteiger partial charge in [-0.1, -0.05) is 11.6 Å². The minimum Gasteiger partial charge on any atom is -0.389 e. The van der Waals surface area contributed by atoms with Crippen molar-refractivity contribution >= 4 is 17.3 Å². The van der Waals surface area contributed by atoms with E-state index in [0.717, 1.165) is 5.56 Å². The lowest BCUT2D eigenvalue weighted by Crippen LogP contribution is -2.34. The van der Waals surface area contributed by atoms with Gasteiger partial charge in [-0.25, -0.2) is 0 Å². The van der Waals surface area contributed by atoms with Gasteiger partial charge in [-0.2, -0.15) is 0 Å². The largest absolute Gasteiger partial charge is 0.389 e. The zero-order valence-corrected chi connectivity index (χ0v) is 10.5. The molecule has 0 aliphatic carbocycles. The summed E-state index contributed by atoms with van der Waals surface area (Å²) in [6.07, 6.45) is 0. The lowest BCUT2D eigenvalue weighted by Gasteiger charge is -2.17. The number of nitrogens with zero attached hydrogens (tertiary/aromatic N) is 1. The molecule has 6 heteroatoms. The van der Waals surface area contributed by atoms with Gasteiger partial charge in [0.05, 0.1) is 15.5 Å². The predicted octanol–water partition coefficient (Wildman–Crippen LogP) is 2.11. The third kappa shape index (κ3) is 4.68. The molecule has 1 aromatic rings. The molecule has 1 rings (SSSR count).